The van der Waals surface area contributed by atoms with Gasteiger partial charge >= 0.3 is 5.97 Å². The molecule has 4 nitrogen and oxygen atoms in total. The minimum atomic E-state index is -0.875. The van der Waals surface area contributed by atoms with Crippen LogP contribution in [-0.4, -0.2) is 48.1 Å². The van der Waals surface area contributed by atoms with Crippen molar-refractivity contribution in [2.45, 2.75) is 13.1 Å². The molecule has 0 amide bonds. The molecule has 1 heterocycles. The molecular formula is C17H22N2O2S. The van der Waals surface area contributed by atoms with Crippen LogP contribution in [0.2, 0.25) is 0 Å². The average molecular weight is 318 g/mol. The van der Waals surface area contributed by atoms with Crippen LogP contribution < -0.4 is 0 Å². The molecule has 0 fully saturated rings. The molecule has 22 heavy (non-hydrogen) atoms. The normalized spacial score (nSPS) is 11.3. The number of aromatic carboxylic acids is 1. The number of carbonyl (C=O) groups is 1. The molecule has 0 saturated carbocycles. The van der Waals surface area contributed by atoms with E-state index < -0.39 is 5.97 Å². The van der Waals surface area contributed by atoms with Gasteiger partial charge in [-0.2, -0.15) is 0 Å². The zero-order valence-electron chi connectivity index (χ0n) is 13.0. The first-order chi connectivity index (χ1) is 10.5. The Labute approximate surface area is 135 Å². The maximum absolute atomic E-state index is 11.1. The lowest BCUT2D eigenvalue weighted by Crippen LogP contribution is -2.30. The highest BCUT2D eigenvalue weighted by atomic mass is 32.1. The molecule has 5 heteroatoms. The van der Waals surface area contributed by atoms with E-state index in [2.05, 4.69) is 41.4 Å². The van der Waals surface area contributed by atoms with E-state index in [4.69, 9.17) is 5.11 Å². The highest BCUT2D eigenvalue weighted by molar-refractivity contribution is 7.09. The van der Waals surface area contributed by atoms with Gasteiger partial charge in [-0.1, -0.05) is 18.2 Å². The summed E-state index contributed by atoms with van der Waals surface area (Å²) in [6.07, 6.45) is 0. The summed E-state index contributed by atoms with van der Waals surface area (Å²) in [4.78, 5) is 16.9. The molecule has 2 rings (SSSR count). The van der Waals surface area contributed by atoms with Gasteiger partial charge in [-0.15, -0.1) is 11.3 Å². The highest BCUT2D eigenvalue weighted by Crippen LogP contribution is 2.15. The Bertz CT molecular complexity index is 596. The highest BCUT2D eigenvalue weighted by Gasteiger charge is 2.10. The second-order valence-corrected chi connectivity index (χ2v) is 6.63. The van der Waals surface area contributed by atoms with Crippen molar-refractivity contribution in [2.75, 3.05) is 27.2 Å². The van der Waals surface area contributed by atoms with Gasteiger partial charge < -0.3 is 10.0 Å². The molecular weight excluding hydrogens is 296 g/mol. The quantitative estimate of drug-likeness (QED) is 0.812. The van der Waals surface area contributed by atoms with E-state index in [0.717, 1.165) is 31.7 Å². The van der Waals surface area contributed by atoms with E-state index in [9.17, 15) is 4.79 Å². The summed E-state index contributed by atoms with van der Waals surface area (Å²) in [7, 11) is 4.13. The van der Waals surface area contributed by atoms with Crippen molar-refractivity contribution in [1.82, 2.24) is 9.80 Å². The number of carboxylic acids is 1. The number of hydrogen-bond donors (Lipinski definition) is 1. The van der Waals surface area contributed by atoms with E-state index in [0.29, 0.717) is 5.56 Å². The second kappa shape index (κ2) is 8.08. The van der Waals surface area contributed by atoms with Gasteiger partial charge in [0.05, 0.1) is 5.56 Å². The van der Waals surface area contributed by atoms with Crippen molar-refractivity contribution in [2.24, 2.45) is 0 Å². The van der Waals surface area contributed by atoms with Crippen LogP contribution in [0.5, 0.6) is 0 Å². The monoisotopic (exact) mass is 318 g/mol. The zero-order valence-corrected chi connectivity index (χ0v) is 13.8. The van der Waals surface area contributed by atoms with Crippen LogP contribution in [-0.2, 0) is 13.1 Å². The van der Waals surface area contributed by atoms with E-state index in [1.54, 1.807) is 23.5 Å². The zero-order chi connectivity index (χ0) is 15.9. The number of benzene rings is 1. The molecule has 0 spiro atoms. The SMILES string of the molecule is CN(C)CCN(Cc1cccc(C(=O)O)c1)Cc1cccs1. The number of likely N-dealkylation sites (N-methyl/N-ethyl adjacent to an activating group) is 1. The van der Waals surface area contributed by atoms with Gasteiger partial charge in [0, 0.05) is 31.1 Å². The number of nitrogens with zero attached hydrogens (tertiary/aromatic N) is 2. The van der Waals surface area contributed by atoms with Crippen molar-refractivity contribution in [3.63, 3.8) is 0 Å². The Morgan fingerprint density at radius 2 is 1.95 bits per heavy atom. The minimum Gasteiger partial charge on any atom is -0.478 e. The van der Waals surface area contributed by atoms with Gasteiger partial charge in [-0.3, -0.25) is 4.90 Å². The first kappa shape index (κ1) is 16.7. The Morgan fingerprint density at radius 3 is 2.59 bits per heavy atom. The molecule has 0 bridgehead atoms. The van der Waals surface area contributed by atoms with E-state index in [1.165, 1.54) is 4.88 Å². The fraction of sp³-hybridized carbons (Fsp3) is 0.353. The third-order valence-corrected chi connectivity index (χ3v) is 4.26. The minimum absolute atomic E-state index is 0.348. The predicted molar refractivity (Wildman–Crippen MR) is 90.4 cm³/mol. The molecule has 0 saturated heterocycles. The molecule has 1 aromatic carbocycles. The van der Waals surface area contributed by atoms with Crippen molar-refractivity contribution in [3.8, 4) is 0 Å². The van der Waals surface area contributed by atoms with Crippen molar-refractivity contribution >= 4 is 17.3 Å². The standard InChI is InChI=1S/C17H22N2O2S/c1-18(2)8-9-19(13-16-7-4-10-22-16)12-14-5-3-6-15(11-14)17(20)21/h3-7,10-11H,8-9,12-13H2,1-2H3,(H,20,21). The first-order valence-corrected chi connectivity index (χ1v) is 8.14. The van der Waals surface area contributed by atoms with Crippen LogP contribution in [0, 0.1) is 0 Å². The topological polar surface area (TPSA) is 43.8 Å². The molecule has 0 aliphatic rings. The third kappa shape index (κ3) is 5.26. The maximum Gasteiger partial charge on any atom is 0.335 e. The van der Waals surface area contributed by atoms with E-state index >= 15 is 0 Å². The molecule has 118 valence electrons. The molecule has 2 aromatic rings. The molecule has 0 aliphatic heterocycles. The van der Waals surface area contributed by atoms with Crippen LogP contribution in [0.25, 0.3) is 0 Å². The fourth-order valence-electron chi connectivity index (χ4n) is 2.24. The van der Waals surface area contributed by atoms with E-state index in [1.807, 2.05) is 12.1 Å². The lowest BCUT2D eigenvalue weighted by molar-refractivity contribution is 0.0696. The summed E-state index contributed by atoms with van der Waals surface area (Å²) in [5.41, 5.74) is 1.39. The van der Waals surface area contributed by atoms with Gasteiger partial charge in [0.2, 0.25) is 0 Å². The molecule has 0 aliphatic carbocycles. The summed E-state index contributed by atoms with van der Waals surface area (Å²) < 4.78 is 0. The van der Waals surface area contributed by atoms with Crippen LogP contribution in [0.15, 0.2) is 41.8 Å². The molecule has 0 radical (unpaired) electrons. The fourth-order valence-corrected chi connectivity index (χ4v) is 2.99. The van der Waals surface area contributed by atoms with Gasteiger partial charge in [0.25, 0.3) is 0 Å². The van der Waals surface area contributed by atoms with E-state index in [-0.39, 0.29) is 0 Å². The Morgan fingerprint density at radius 1 is 1.14 bits per heavy atom. The summed E-state index contributed by atoms with van der Waals surface area (Å²) in [6.45, 7) is 3.57. The lowest BCUT2D eigenvalue weighted by Gasteiger charge is -2.23. The Kier molecular flexibility index (Phi) is 6.12. The molecule has 1 N–H and O–H groups in total. The number of thiophene rings is 1. The lowest BCUT2D eigenvalue weighted by atomic mass is 10.1. The Balaban J connectivity index is 2.07. The summed E-state index contributed by atoms with van der Waals surface area (Å²) in [5.74, 6) is -0.875. The summed E-state index contributed by atoms with van der Waals surface area (Å²) in [5, 5.41) is 11.2. The van der Waals surface area contributed by atoms with Gasteiger partial charge in [-0.05, 0) is 43.2 Å². The summed E-state index contributed by atoms with van der Waals surface area (Å²) in [6, 6.07) is 11.4. The first-order valence-electron chi connectivity index (χ1n) is 7.26. The van der Waals surface area contributed by atoms with Gasteiger partial charge in [-0.25, -0.2) is 4.79 Å². The number of rotatable bonds is 8. The predicted octanol–water partition coefficient (Wildman–Crippen LogP) is 3.01. The van der Waals surface area contributed by atoms with Crippen LogP contribution in [0.4, 0.5) is 0 Å². The number of hydrogen-bond acceptors (Lipinski definition) is 4. The smallest absolute Gasteiger partial charge is 0.335 e. The van der Waals surface area contributed by atoms with Crippen LogP contribution >= 0.6 is 11.3 Å². The van der Waals surface area contributed by atoms with Crippen molar-refractivity contribution in [3.05, 3.63) is 57.8 Å². The maximum atomic E-state index is 11.1. The van der Waals surface area contributed by atoms with Crippen molar-refractivity contribution < 1.29 is 9.90 Å². The third-order valence-electron chi connectivity index (χ3n) is 3.40. The van der Waals surface area contributed by atoms with Gasteiger partial charge in [0.15, 0.2) is 0 Å². The molecule has 0 atom stereocenters. The molecule has 1 aromatic heterocycles. The average Bonchev–Trinajstić information content (AvgIpc) is 2.98. The second-order valence-electron chi connectivity index (χ2n) is 5.60. The summed E-state index contributed by atoms with van der Waals surface area (Å²) >= 11 is 1.75. The van der Waals surface area contributed by atoms with Crippen LogP contribution in [0.3, 0.4) is 0 Å². The Hall–Kier alpha value is -1.69. The van der Waals surface area contributed by atoms with Gasteiger partial charge in [0.1, 0.15) is 0 Å². The largest absolute Gasteiger partial charge is 0.478 e. The molecule has 0 unspecified atom stereocenters. The van der Waals surface area contributed by atoms with Crippen molar-refractivity contribution in [1.29, 1.82) is 0 Å². The number of carboxylic acid groups (broad SMARTS) is 1. The van der Waals surface area contributed by atoms with Crippen LogP contribution in [0.1, 0.15) is 20.8 Å².